The normalized spacial score (nSPS) is 9.75. The average molecular weight is 216 g/mol. The van der Waals surface area contributed by atoms with Gasteiger partial charge >= 0.3 is 5.97 Å². The summed E-state index contributed by atoms with van der Waals surface area (Å²) in [5.74, 6) is -0.128. The van der Waals surface area contributed by atoms with E-state index in [1.165, 1.54) is 18.3 Å². The maximum absolute atomic E-state index is 10.6. The third-order valence-corrected chi connectivity index (χ3v) is 1.84. The molecule has 5 heteroatoms. The molecule has 0 fully saturated rings. The molecule has 0 unspecified atom stereocenters. The van der Waals surface area contributed by atoms with Gasteiger partial charge in [-0.2, -0.15) is 0 Å². The van der Waals surface area contributed by atoms with Crippen LogP contribution in [-0.4, -0.2) is 21.0 Å². The zero-order chi connectivity index (χ0) is 11.4. The monoisotopic (exact) mass is 216 g/mol. The lowest BCUT2D eigenvalue weighted by molar-refractivity contribution is 0.0696. The summed E-state index contributed by atoms with van der Waals surface area (Å²) in [5, 5.41) is 8.67. The molecular formula is C11H8N2O3. The average Bonchev–Trinajstić information content (AvgIpc) is 2.31. The van der Waals surface area contributed by atoms with Crippen LogP contribution >= 0.6 is 0 Å². The Morgan fingerprint density at radius 3 is 2.69 bits per heavy atom. The second-order valence-electron chi connectivity index (χ2n) is 2.98. The second-order valence-corrected chi connectivity index (χ2v) is 2.98. The fourth-order valence-electron chi connectivity index (χ4n) is 1.10. The molecule has 5 nitrogen and oxygen atoms in total. The fraction of sp³-hybridized carbons (Fsp3) is 0. The van der Waals surface area contributed by atoms with E-state index >= 15 is 0 Å². The molecule has 0 saturated carbocycles. The summed E-state index contributed by atoms with van der Waals surface area (Å²) in [7, 11) is 0. The number of carbonyl (C=O) groups is 1. The zero-order valence-corrected chi connectivity index (χ0v) is 8.20. The van der Waals surface area contributed by atoms with Crippen molar-refractivity contribution >= 4 is 5.97 Å². The van der Waals surface area contributed by atoms with Crippen LogP contribution in [0.5, 0.6) is 11.6 Å². The highest BCUT2D eigenvalue weighted by Gasteiger charge is 2.03. The minimum atomic E-state index is -1.01. The van der Waals surface area contributed by atoms with Crippen molar-refractivity contribution < 1.29 is 14.6 Å². The number of carboxylic acid groups (broad SMARTS) is 1. The van der Waals surface area contributed by atoms with Gasteiger partial charge in [0.15, 0.2) is 0 Å². The molecule has 2 heterocycles. The van der Waals surface area contributed by atoms with E-state index in [0.29, 0.717) is 11.6 Å². The van der Waals surface area contributed by atoms with Gasteiger partial charge in [-0.05, 0) is 18.2 Å². The molecule has 2 rings (SSSR count). The van der Waals surface area contributed by atoms with Crippen LogP contribution in [0.15, 0.2) is 42.9 Å². The van der Waals surface area contributed by atoms with Crippen molar-refractivity contribution in [2.75, 3.05) is 0 Å². The molecule has 0 aliphatic carbocycles. The lowest BCUT2D eigenvalue weighted by Crippen LogP contribution is -1.97. The maximum Gasteiger partial charge on any atom is 0.337 e. The summed E-state index contributed by atoms with van der Waals surface area (Å²) < 4.78 is 5.35. The SMILES string of the molecule is O=C(O)c1ccc(Oc2cccnc2)nc1. The highest BCUT2D eigenvalue weighted by atomic mass is 16.5. The predicted molar refractivity (Wildman–Crippen MR) is 55.5 cm³/mol. The van der Waals surface area contributed by atoms with Crippen molar-refractivity contribution in [2.45, 2.75) is 0 Å². The van der Waals surface area contributed by atoms with Gasteiger partial charge in [-0.3, -0.25) is 4.98 Å². The van der Waals surface area contributed by atoms with Crippen LogP contribution in [0.3, 0.4) is 0 Å². The Balaban J connectivity index is 2.14. The van der Waals surface area contributed by atoms with Crippen molar-refractivity contribution in [1.29, 1.82) is 0 Å². The van der Waals surface area contributed by atoms with Crippen LogP contribution in [-0.2, 0) is 0 Å². The lowest BCUT2D eigenvalue weighted by atomic mass is 10.3. The standard InChI is InChI=1S/C11H8N2O3/c14-11(15)8-3-4-10(13-6-8)16-9-2-1-5-12-7-9/h1-7H,(H,14,15). The highest BCUT2D eigenvalue weighted by Crippen LogP contribution is 2.17. The molecule has 0 aliphatic rings. The maximum atomic E-state index is 10.6. The van der Waals surface area contributed by atoms with Gasteiger partial charge in [0.25, 0.3) is 0 Å². The molecule has 16 heavy (non-hydrogen) atoms. The molecule has 0 aromatic carbocycles. The third kappa shape index (κ3) is 2.33. The van der Waals surface area contributed by atoms with Crippen molar-refractivity contribution in [3.05, 3.63) is 48.4 Å². The van der Waals surface area contributed by atoms with Crippen LogP contribution in [0.2, 0.25) is 0 Å². The number of pyridine rings is 2. The largest absolute Gasteiger partial charge is 0.478 e. The van der Waals surface area contributed by atoms with Crippen molar-refractivity contribution in [3.63, 3.8) is 0 Å². The number of aromatic carboxylic acids is 1. The lowest BCUT2D eigenvalue weighted by Gasteiger charge is -2.03. The summed E-state index contributed by atoms with van der Waals surface area (Å²) >= 11 is 0. The van der Waals surface area contributed by atoms with Crippen LogP contribution in [0, 0.1) is 0 Å². The first-order valence-corrected chi connectivity index (χ1v) is 4.53. The van der Waals surface area contributed by atoms with E-state index in [2.05, 4.69) is 9.97 Å². The first-order valence-electron chi connectivity index (χ1n) is 4.53. The molecule has 2 aromatic heterocycles. The van der Waals surface area contributed by atoms with E-state index < -0.39 is 5.97 Å². The molecule has 0 amide bonds. The van der Waals surface area contributed by atoms with Gasteiger partial charge in [-0.15, -0.1) is 0 Å². The van der Waals surface area contributed by atoms with Crippen molar-refractivity contribution in [1.82, 2.24) is 9.97 Å². The van der Waals surface area contributed by atoms with E-state index in [0.717, 1.165) is 0 Å². The van der Waals surface area contributed by atoms with Gasteiger partial charge in [-0.25, -0.2) is 9.78 Å². The predicted octanol–water partition coefficient (Wildman–Crippen LogP) is 1.97. The molecule has 0 bridgehead atoms. The number of carboxylic acids is 1. The second kappa shape index (κ2) is 4.39. The summed E-state index contributed by atoms with van der Waals surface area (Å²) in [5.41, 5.74) is 0.124. The number of rotatable bonds is 3. The van der Waals surface area contributed by atoms with Gasteiger partial charge in [0.05, 0.1) is 11.8 Å². The Bertz CT molecular complexity index is 482. The van der Waals surface area contributed by atoms with Gasteiger partial charge in [0, 0.05) is 18.5 Å². The summed E-state index contributed by atoms with van der Waals surface area (Å²) in [6.45, 7) is 0. The van der Waals surface area contributed by atoms with Crippen LogP contribution in [0.25, 0.3) is 0 Å². The number of hydrogen-bond acceptors (Lipinski definition) is 4. The topological polar surface area (TPSA) is 72.3 Å². The molecule has 1 N–H and O–H groups in total. The molecule has 0 radical (unpaired) electrons. The zero-order valence-electron chi connectivity index (χ0n) is 8.20. The first kappa shape index (κ1) is 10.1. The molecule has 0 atom stereocenters. The number of nitrogens with zero attached hydrogens (tertiary/aromatic N) is 2. The van der Waals surface area contributed by atoms with E-state index in [1.807, 2.05) is 0 Å². The fourth-order valence-corrected chi connectivity index (χ4v) is 1.10. The summed E-state index contributed by atoms with van der Waals surface area (Å²) in [4.78, 5) is 18.3. The van der Waals surface area contributed by atoms with Gasteiger partial charge in [0.2, 0.25) is 5.88 Å². The number of aromatic nitrogens is 2. The molecular weight excluding hydrogens is 208 g/mol. The smallest absolute Gasteiger partial charge is 0.337 e. The highest BCUT2D eigenvalue weighted by molar-refractivity contribution is 5.87. The van der Waals surface area contributed by atoms with E-state index in [4.69, 9.17) is 9.84 Å². The quantitative estimate of drug-likeness (QED) is 0.849. The number of hydrogen-bond donors (Lipinski definition) is 1. The van der Waals surface area contributed by atoms with E-state index in [9.17, 15) is 4.79 Å². The Morgan fingerprint density at radius 2 is 2.12 bits per heavy atom. The van der Waals surface area contributed by atoms with Crippen LogP contribution in [0.1, 0.15) is 10.4 Å². The van der Waals surface area contributed by atoms with E-state index in [-0.39, 0.29) is 5.56 Å². The van der Waals surface area contributed by atoms with E-state index in [1.54, 1.807) is 24.5 Å². The number of ether oxygens (including phenoxy) is 1. The Morgan fingerprint density at radius 1 is 1.25 bits per heavy atom. The Hall–Kier alpha value is -2.43. The Kier molecular flexibility index (Phi) is 2.77. The van der Waals surface area contributed by atoms with Crippen LogP contribution < -0.4 is 4.74 Å². The Labute approximate surface area is 91.4 Å². The molecule has 2 aromatic rings. The van der Waals surface area contributed by atoms with Gasteiger partial charge in [0.1, 0.15) is 5.75 Å². The molecule has 80 valence electrons. The summed E-state index contributed by atoms with van der Waals surface area (Å²) in [6, 6.07) is 6.40. The molecule has 0 aliphatic heterocycles. The van der Waals surface area contributed by atoms with Gasteiger partial charge in [-0.1, -0.05) is 0 Å². The van der Waals surface area contributed by atoms with Crippen molar-refractivity contribution in [2.24, 2.45) is 0 Å². The third-order valence-electron chi connectivity index (χ3n) is 1.84. The summed E-state index contributed by atoms with van der Waals surface area (Å²) in [6.07, 6.45) is 4.43. The molecule has 0 spiro atoms. The molecule has 0 saturated heterocycles. The minimum Gasteiger partial charge on any atom is -0.478 e. The van der Waals surface area contributed by atoms with Crippen molar-refractivity contribution in [3.8, 4) is 11.6 Å². The van der Waals surface area contributed by atoms with Gasteiger partial charge < -0.3 is 9.84 Å². The first-order chi connectivity index (χ1) is 7.75. The minimum absolute atomic E-state index is 0.124. The van der Waals surface area contributed by atoms with Crippen LogP contribution in [0.4, 0.5) is 0 Å².